The predicted molar refractivity (Wildman–Crippen MR) is 56.8 cm³/mol. The molecule has 1 N–H and O–H groups in total. The van der Waals surface area contributed by atoms with Crippen molar-refractivity contribution in [2.45, 2.75) is 18.9 Å². The van der Waals surface area contributed by atoms with Crippen molar-refractivity contribution in [2.24, 2.45) is 0 Å². The number of esters is 1. The standard InChI is InChI=1S/C9H13NO5S/c1-9(14,7(12)15-2)5-10-6(11)3-4-16-8(10)13/h14H,3-5H2,1-2H3. The molecule has 0 aromatic rings. The number of amides is 2. The fourth-order valence-corrected chi connectivity index (χ4v) is 2.06. The Bertz CT molecular complexity index is 312. The lowest BCUT2D eigenvalue weighted by atomic mass is 10.1. The quantitative estimate of drug-likeness (QED) is 0.706. The minimum absolute atomic E-state index is 0.230. The Labute approximate surface area is 96.9 Å². The van der Waals surface area contributed by atoms with Gasteiger partial charge in [0.2, 0.25) is 5.91 Å². The number of imide groups is 1. The first-order chi connectivity index (χ1) is 7.38. The molecular weight excluding hydrogens is 234 g/mol. The summed E-state index contributed by atoms with van der Waals surface area (Å²) in [5.74, 6) is -0.814. The van der Waals surface area contributed by atoms with Crippen LogP contribution in [0.1, 0.15) is 13.3 Å². The summed E-state index contributed by atoms with van der Waals surface area (Å²) in [6.07, 6.45) is 0.230. The lowest BCUT2D eigenvalue weighted by Gasteiger charge is -2.30. The fourth-order valence-electron chi connectivity index (χ4n) is 1.29. The Morgan fingerprint density at radius 1 is 1.62 bits per heavy atom. The number of thioether (sulfide) groups is 1. The van der Waals surface area contributed by atoms with Gasteiger partial charge in [0, 0.05) is 12.2 Å². The van der Waals surface area contributed by atoms with E-state index >= 15 is 0 Å². The van der Waals surface area contributed by atoms with E-state index in [0.717, 1.165) is 23.8 Å². The summed E-state index contributed by atoms with van der Waals surface area (Å²) in [6, 6.07) is 0. The molecule has 1 saturated heterocycles. The minimum Gasteiger partial charge on any atom is -0.467 e. The molecule has 6 nitrogen and oxygen atoms in total. The molecule has 1 fully saturated rings. The van der Waals surface area contributed by atoms with Crippen molar-refractivity contribution < 1.29 is 24.2 Å². The van der Waals surface area contributed by atoms with Crippen LogP contribution in [0, 0.1) is 0 Å². The average molecular weight is 247 g/mol. The van der Waals surface area contributed by atoms with Gasteiger partial charge in [0.15, 0.2) is 5.60 Å². The van der Waals surface area contributed by atoms with E-state index in [1.54, 1.807) is 0 Å². The van der Waals surface area contributed by atoms with Crippen LogP contribution in [0.25, 0.3) is 0 Å². The first-order valence-electron chi connectivity index (χ1n) is 4.66. The van der Waals surface area contributed by atoms with Crippen LogP contribution in [0.2, 0.25) is 0 Å². The second-order valence-electron chi connectivity index (χ2n) is 3.61. The first-order valence-corrected chi connectivity index (χ1v) is 5.65. The zero-order chi connectivity index (χ0) is 12.3. The molecule has 16 heavy (non-hydrogen) atoms. The van der Waals surface area contributed by atoms with E-state index < -0.39 is 16.8 Å². The van der Waals surface area contributed by atoms with Crippen LogP contribution < -0.4 is 0 Å². The van der Waals surface area contributed by atoms with Crippen LogP contribution in [0.4, 0.5) is 4.79 Å². The van der Waals surface area contributed by atoms with Gasteiger partial charge in [-0.2, -0.15) is 0 Å². The third-order valence-electron chi connectivity index (χ3n) is 2.15. The molecule has 90 valence electrons. The van der Waals surface area contributed by atoms with Crippen LogP contribution in [0.5, 0.6) is 0 Å². The number of β-amino-alcohol motifs (C(OH)–C–C–N with tert-alkyl or cyclic N) is 1. The number of hydrogen-bond donors (Lipinski definition) is 1. The monoisotopic (exact) mass is 247 g/mol. The van der Waals surface area contributed by atoms with Gasteiger partial charge in [-0.25, -0.2) is 4.79 Å². The van der Waals surface area contributed by atoms with Crippen molar-refractivity contribution in [3.63, 3.8) is 0 Å². The van der Waals surface area contributed by atoms with Crippen LogP contribution in [0.15, 0.2) is 0 Å². The van der Waals surface area contributed by atoms with Gasteiger partial charge < -0.3 is 9.84 Å². The van der Waals surface area contributed by atoms with Crippen LogP contribution in [0.3, 0.4) is 0 Å². The summed E-state index contributed by atoms with van der Waals surface area (Å²) < 4.78 is 4.38. The Hall–Kier alpha value is -1.08. The molecule has 0 aromatic heterocycles. The molecule has 0 aromatic carbocycles. The third-order valence-corrected chi connectivity index (χ3v) is 3.03. The predicted octanol–water partition coefficient (Wildman–Crippen LogP) is -0.00410. The largest absolute Gasteiger partial charge is 0.467 e. The van der Waals surface area contributed by atoms with Crippen molar-refractivity contribution in [3.8, 4) is 0 Å². The number of carbonyl (C=O) groups excluding carboxylic acids is 3. The summed E-state index contributed by atoms with van der Waals surface area (Å²) in [6.45, 7) is 0.836. The van der Waals surface area contributed by atoms with Gasteiger partial charge in [0.25, 0.3) is 5.24 Å². The number of aliphatic hydroxyl groups is 1. The summed E-state index contributed by atoms with van der Waals surface area (Å²) in [5, 5.41) is 9.30. The minimum atomic E-state index is -1.86. The van der Waals surface area contributed by atoms with E-state index in [2.05, 4.69) is 4.74 Å². The molecule has 1 aliphatic heterocycles. The number of methoxy groups -OCH3 is 1. The first kappa shape index (κ1) is 13.0. The molecule has 1 unspecified atom stereocenters. The van der Waals surface area contributed by atoms with E-state index in [4.69, 9.17) is 0 Å². The van der Waals surface area contributed by atoms with Gasteiger partial charge in [-0.15, -0.1) is 0 Å². The molecule has 1 aliphatic rings. The Morgan fingerprint density at radius 3 is 2.75 bits per heavy atom. The highest BCUT2D eigenvalue weighted by Crippen LogP contribution is 2.21. The zero-order valence-corrected chi connectivity index (χ0v) is 9.87. The average Bonchev–Trinajstić information content (AvgIpc) is 2.22. The van der Waals surface area contributed by atoms with Crippen LogP contribution >= 0.6 is 11.8 Å². The Kier molecular flexibility index (Phi) is 3.93. The molecule has 0 aliphatic carbocycles. The van der Waals surface area contributed by atoms with Crippen molar-refractivity contribution in [2.75, 3.05) is 19.4 Å². The third kappa shape index (κ3) is 2.73. The highest BCUT2D eigenvalue weighted by molar-refractivity contribution is 8.13. The number of nitrogens with zero attached hydrogens (tertiary/aromatic N) is 1. The second-order valence-corrected chi connectivity index (χ2v) is 4.66. The SMILES string of the molecule is COC(=O)C(C)(O)CN1C(=O)CCSC1=O. The maximum atomic E-state index is 11.4. The topological polar surface area (TPSA) is 83.9 Å². The van der Waals surface area contributed by atoms with Crippen molar-refractivity contribution in [3.05, 3.63) is 0 Å². The van der Waals surface area contributed by atoms with E-state index in [1.807, 2.05) is 0 Å². The van der Waals surface area contributed by atoms with Crippen molar-refractivity contribution >= 4 is 28.9 Å². The number of ether oxygens (including phenoxy) is 1. The maximum Gasteiger partial charge on any atom is 0.339 e. The van der Waals surface area contributed by atoms with Crippen LogP contribution in [-0.4, -0.2) is 52.1 Å². The Balaban J connectivity index is 2.74. The lowest BCUT2D eigenvalue weighted by Crippen LogP contribution is -2.51. The fraction of sp³-hybridized carbons (Fsp3) is 0.667. The number of carbonyl (C=O) groups is 3. The zero-order valence-electron chi connectivity index (χ0n) is 9.06. The molecule has 2 amide bonds. The molecule has 1 heterocycles. The van der Waals surface area contributed by atoms with Crippen LogP contribution in [-0.2, 0) is 14.3 Å². The van der Waals surface area contributed by atoms with Gasteiger partial charge >= 0.3 is 5.97 Å². The van der Waals surface area contributed by atoms with E-state index in [0.29, 0.717) is 5.75 Å². The Morgan fingerprint density at radius 2 is 2.25 bits per heavy atom. The summed E-state index contributed by atoms with van der Waals surface area (Å²) in [5.41, 5.74) is -1.86. The highest BCUT2D eigenvalue weighted by Gasteiger charge is 2.39. The molecule has 7 heteroatoms. The van der Waals surface area contributed by atoms with Crippen molar-refractivity contribution in [1.29, 1.82) is 0 Å². The summed E-state index contributed by atoms with van der Waals surface area (Å²) in [4.78, 5) is 34.9. The van der Waals surface area contributed by atoms with Gasteiger partial charge in [-0.05, 0) is 6.92 Å². The van der Waals surface area contributed by atoms with Gasteiger partial charge in [0.1, 0.15) is 0 Å². The van der Waals surface area contributed by atoms with E-state index in [9.17, 15) is 19.5 Å². The summed E-state index contributed by atoms with van der Waals surface area (Å²) in [7, 11) is 1.13. The smallest absolute Gasteiger partial charge is 0.339 e. The molecule has 0 bridgehead atoms. The lowest BCUT2D eigenvalue weighted by molar-refractivity contribution is -0.162. The van der Waals surface area contributed by atoms with Crippen molar-refractivity contribution in [1.82, 2.24) is 4.90 Å². The molecular formula is C9H13NO5S. The van der Waals surface area contributed by atoms with Gasteiger partial charge in [-0.1, -0.05) is 11.8 Å². The maximum absolute atomic E-state index is 11.4. The van der Waals surface area contributed by atoms with Gasteiger partial charge in [0.05, 0.1) is 13.7 Å². The second kappa shape index (κ2) is 4.84. The molecule has 1 atom stereocenters. The van der Waals surface area contributed by atoms with E-state index in [1.165, 1.54) is 6.92 Å². The number of hydrogen-bond acceptors (Lipinski definition) is 6. The number of rotatable bonds is 3. The molecule has 1 rings (SSSR count). The molecule has 0 spiro atoms. The van der Waals surface area contributed by atoms with E-state index in [-0.39, 0.29) is 18.9 Å². The molecule has 0 saturated carbocycles. The van der Waals surface area contributed by atoms with Gasteiger partial charge in [-0.3, -0.25) is 14.5 Å². The summed E-state index contributed by atoms with van der Waals surface area (Å²) >= 11 is 0.993. The normalized spacial score (nSPS) is 20.6. The molecule has 0 radical (unpaired) electrons. The highest BCUT2D eigenvalue weighted by atomic mass is 32.2.